The smallest absolute Gasteiger partial charge is 0.0959 e. The summed E-state index contributed by atoms with van der Waals surface area (Å²) in [6.07, 6.45) is 1.87. The Morgan fingerprint density at radius 1 is 1.25 bits per heavy atom. The normalized spacial score (nSPS) is 12.2. The number of fused-ring (bicyclic) bond motifs is 1. The van der Waals surface area contributed by atoms with Gasteiger partial charge in [0.2, 0.25) is 0 Å². The molecule has 0 N–H and O–H groups in total. The predicted octanol–water partition coefficient (Wildman–Crippen LogP) is 2.85. The van der Waals surface area contributed by atoms with E-state index in [1.807, 2.05) is 24.5 Å². The van der Waals surface area contributed by atoms with Crippen molar-refractivity contribution in [3.05, 3.63) is 30.6 Å². The minimum absolute atomic E-state index is 0.0730. The Labute approximate surface area is 96.1 Å². The molecule has 3 heteroatoms. The van der Waals surface area contributed by atoms with Crippen molar-refractivity contribution in [3.8, 4) is 0 Å². The number of benzene rings is 1. The van der Waals surface area contributed by atoms with Gasteiger partial charge in [-0.1, -0.05) is 12.1 Å². The number of nitrogens with zero attached hydrogens (tertiary/aromatic N) is 2. The van der Waals surface area contributed by atoms with Gasteiger partial charge < -0.3 is 9.30 Å². The van der Waals surface area contributed by atoms with Gasteiger partial charge in [-0.25, -0.2) is 4.98 Å². The van der Waals surface area contributed by atoms with Crippen molar-refractivity contribution in [2.24, 2.45) is 0 Å². The topological polar surface area (TPSA) is 27.1 Å². The second kappa shape index (κ2) is 4.26. The van der Waals surface area contributed by atoms with Gasteiger partial charge in [-0.2, -0.15) is 0 Å². The van der Waals surface area contributed by atoms with Gasteiger partial charge in [-0.15, -0.1) is 0 Å². The molecule has 3 nitrogen and oxygen atoms in total. The first-order valence-corrected chi connectivity index (χ1v) is 5.60. The van der Waals surface area contributed by atoms with E-state index in [2.05, 4.69) is 36.4 Å². The maximum Gasteiger partial charge on any atom is 0.0959 e. The van der Waals surface area contributed by atoms with Crippen molar-refractivity contribution in [2.75, 3.05) is 6.61 Å². The molecule has 16 heavy (non-hydrogen) atoms. The zero-order valence-corrected chi connectivity index (χ0v) is 10.1. The van der Waals surface area contributed by atoms with E-state index in [-0.39, 0.29) is 5.60 Å². The lowest BCUT2D eigenvalue weighted by Gasteiger charge is -2.19. The van der Waals surface area contributed by atoms with Gasteiger partial charge >= 0.3 is 0 Å². The zero-order chi connectivity index (χ0) is 11.6. The van der Waals surface area contributed by atoms with Crippen LogP contribution >= 0.6 is 0 Å². The molecule has 0 aliphatic carbocycles. The van der Waals surface area contributed by atoms with Crippen molar-refractivity contribution < 1.29 is 4.74 Å². The Morgan fingerprint density at radius 2 is 2.00 bits per heavy atom. The highest BCUT2D eigenvalue weighted by atomic mass is 16.5. The molecule has 0 atom stereocenters. The minimum Gasteiger partial charge on any atom is -0.374 e. The highest BCUT2D eigenvalue weighted by molar-refractivity contribution is 5.74. The van der Waals surface area contributed by atoms with Crippen LogP contribution in [-0.2, 0) is 11.3 Å². The molecule has 1 aromatic carbocycles. The fourth-order valence-corrected chi connectivity index (χ4v) is 1.64. The molecular weight excluding hydrogens is 200 g/mol. The van der Waals surface area contributed by atoms with Crippen LogP contribution in [0.3, 0.4) is 0 Å². The first-order valence-electron chi connectivity index (χ1n) is 5.60. The van der Waals surface area contributed by atoms with Crippen LogP contribution < -0.4 is 0 Å². The molecule has 1 heterocycles. The quantitative estimate of drug-likeness (QED) is 0.792. The summed E-state index contributed by atoms with van der Waals surface area (Å²) >= 11 is 0. The average Bonchev–Trinajstić information content (AvgIpc) is 2.60. The third-order valence-electron chi connectivity index (χ3n) is 2.39. The third kappa shape index (κ3) is 2.61. The molecule has 0 fully saturated rings. The molecule has 0 saturated heterocycles. The Morgan fingerprint density at radius 3 is 2.75 bits per heavy atom. The molecule has 2 rings (SSSR count). The summed E-state index contributed by atoms with van der Waals surface area (Å²) < 4.78 is 7.83. The molecule has 2 aromatic rings. The maximum atomic E-state index is 5.70. The summed E-state index contributed by atoms with van der Waals surface area (Å²) in [5.41, 5.74) is 2.13. The summed E-state index contributed by atoms with van der Waals surface area (Å²) in [4.78, 5) is 4.34. The van der Waals surface area contributed by atoms with Crippen LogP contribution in [0.15, 0.2) is 30.6 Å². The van der Waals surface area contributed by atoms with Gasteiger partial charge in [0.15, 0.2) is 0 Å². The molecule has 1 aromatic heterocycles. The van der Waals surface area contributed by atoms with Gasteiger partial charge in [0.25, 0.3) is 0 Å². The largest absolute Gasteiger partial charge is 0.374 e. The van der Waals surface area contributed by atoms with Crippen molar-refractivity contribution in [1.82, 2.24) is 9.55 Å². The van der Waals surface area contributed by atoms with E-state index in [0.717, 1.165) is 12.1 Å². The molecule has 0 saturated carbocycles. The number of hydrogen-bond acceptors (Lipinski definition) is 2. The number of imidazole rings is 1. The Hall–Kier alpha value is -1.35. The number of hydrogen-bond donors (Lipinski definition) is 0. The first kappa shape index (κ1) is 11.1. The molecule has 0 radical (unpaired) electrons. The van der Waals surface area contributed by atoms with Crippen molar-refractivity contribution >= 4 is 11.0 Å². The highest BCUT2D eigenvalue weighted by Gasteiger charge is 2.09. The molecule has 0 bridgehead atoms. The highest BCUT2D eigenvalue weighted by Crippen LogP contribution is 2.12. The second-order valence-electron chi connectivity index (χ2n) is 4.89. The number of para-hydroxylation sites is 2. The van der Waals surface area contributed by atoms with E-state index in [1.54, 1.807) is 0 Å². The summed E-state index contributed by atoms with van der Waals surface area (Å²) in [5, 5.41) is 0. The molecular formula is C13H18N2O. The van der Waals surface area contributed by atoms with Gasteiger partial charge in [0.05, 0.1) is 29.6 Å². The number of ether oxygens (including phenoxy) is 1. The molecule has 0 aliphatic heterocycles. The summed E-state index contributed by atoms with van der Waals surface area (Å²) in [6, 6.07) is 8.15. The number of rotatable bonds is 3. The van der Waals surface area contributed by atoms with Crippen molar-refractivity contribution in [2.45, 2.75) is 32.9 Å². The van der Waals surface area contributed by atoms with Crippen LogP contribution in [0, 0.1) is 0 Å². The van der Waals surface area contributed by atoms with Crippen LogP contribution in [0.25, 0.3) is 11.0 Å². The van der Waals surface area contributed by atoms with E-state index in [9.17, 15) is 0 Å². The van der Waals surface area contributed by atoms with Crippen LogP contribution in [0.4, 0.5) is 0 Å². The van der Waals surface area contributed by atoms with Crippen LogP contribution in [0.5, 0.6) is 0 Å². The fourth-order valence-electron chi connectivity index (χ4n) is 1.64. The second-order valence-corrected chi connectivity index (χ2v) is 4.89. The lowest BCUT2D eigenvalue weighted by atomic mass is 10.2. The standard InChI is InChI=1S/C13H18N2O/c1-13(2,3)16-9-8-15-10-14-11-6-4-5-7-12(11)15/h4-7,10H,8-9H2,1-3H3. The number of aromatic nitrogens is 2. The zero-order valence-electron chi connectivity index (χ0n) is 10.1. The molecule has 86 valence electrons. The lowest BCUT2D eigenvalue weighted by Crippen LogP contribution is -2.21. The van der Waals surface area contributed by atoms with E-state index in [1.165, 1.54) is 5.52 Å². The van der Waals surface area contributed by atoms with Gasteiger partial charge in [0, 0.05) is 6.54 Å². The monoisotopic (exact) mass is 218 g/mol. The van der Waals surface area contributed by atoms with E-state index in [4.69, 9.17) is 4.74 Å². The van der Waals surface area contributed by atoms with Crippen molar-refractivity contribution in [1.29, 1.82) is 0 Å². The van der Waals surface area contributed by atoms with Crippen LogP contribution in [-0.4, -0.2) is 21.8 Å². The van der Waals surface area contributed by atoms with Crippen LogP contribution in [0.1, 0.15) is 20.8 Å². The van der Waals surface area contributed by atoms with E-state index >= 15 is 0 Å². The Bertz CT molecular complexity index is 468. The molecule has 0 unspecified atom stereocenters. The molecule has 0 aliphatic rings. The maximum absolute atomic E-state index is 5.70. The van der Waals surface area contributed by atoms with E-state index in [0.29, 0.717) is 6.61 Å². The van der Waals surface area contributed by atoms with Crippen molar-refractivity contribution in [3.63, 3.8) is 0 Å². The minimum atomic E-state index is -0.0730. The Kier molecular flexibility index (Phi) is 2.97. The van der Waals surface area contributed by atoms with Gasteiger partial charge in [-0.3, -0.25) is 0 Å². The average molecular weight is 218 g/mol. The van der Waals surface area contributed by atoms with E-state index < -0.39 is 0 Å². The predicted molar refractivity (Wildman–Crippen MR) is 65.4 cm³/mol. The lowest BCUT2D eigenvalue weighted by molar-refractivity contribution is -0.00649. The SMILES string of the molecule is CC(C)(C)OCCn1cnc2ccccc21. The molecule has 0 amide bonds. The van der Waals surface area contributed by atoms with Gasteiger partial charge in [0.1, 0.15) is 0 Å². The third-order valence-corrected chi connectivity index (χ3v) is 2.39. The fraction of sp³-hybridized carbons (Fsp3) is 0.462. The van der Waals surface area contributed by atoms with Gasteiger partial charge in [-0.05, 0) is 32.9 Å². The summed E-state index contributed by atoms with van der Waals surface area (Å²) in [7, 11) is 0. The first-order chi connectivity index (χ1) is 7.56. The molecule has 0 spiro atoms. The van der Waals surface area contributed by atoms with Crippen LogP contribution in [0.2, 0.25) is 0 Å². The summed E-state index contributed by atoms with van der Waals surface area (Å²) in [6.45, 7) is 7.76. The summed E-state index contributed by atoms with van der Waals surface area (Å²) in [5.74, 6) is 0. The Balaban J connectivity index is 2.05.